The van der Waals surface area contributed by atoms with E-state index in [9.17, 15) is 103 Å². The van der Waals surface area contributed by atoms with Crippen molar-refractivity contribution in [3.8, 4) is 0 Å². The van der Waals surface area contributed by atoms with Crippen molar-refractivity contribution >= 4 is 66.2 Å². The zero-order chi connectivity index (χ0) is 85.9. The first-order valence-corrected chi connectivity index (χ1v) is 43.2. The molecule has 6 amide bonds. The van der Waals surface area contributed by atoms with Crippen LogP contribution >= 0.6 is 7.60 Å². The van der Waals surface area contributed by atoms with E-state index in [1.54, 1.807) is 20.8 Å². The van der Waals surface area contributed by atoms with Gasteiger partial charge in [-0.3, -0.25) is 52.5 Å². The van der Waals surface area contributed by atoms with Gasteiger partial charge in [0.15, 0.2) is 18.9 Å². The third kappa shape index (κ3) is 43.9. The third-order valence-corrected chi connectivity index (χ3v) is 21.9. The molecule has 3 saturated heterocycles. The highest BCUT2D eigenvalue weighted by Gasteiger charge is 2.47. The molecule has 0 aromatic heterocycles. The summed E-state index contributed by atoms with van der Waals surface area (Å²) < 4.78 is 69.6. The molecular weight excluding hydrogens is 1550 g/mol. The normalized spacial score (nSPS) is 24.5. The van der Waals surface area contributed by atoms with E-state index in [0.717, 1.165) is 12.8 Å². The SMILES string of the molecule is CC(=O)NC1[C@H](OCCCCC(=O)CCCCCC(=O)CCOCC(COCCC(=O)CCCCCC(=O)CCCCO[C@@H]2OC(CO)[C@H](O)[C@H](O)C2C)(COCCC(=O)NCCCNC(=O)CCCCO[C@@H]2OC(CO)[C@H](O)[C@H](O)C2NC(C)=O)NC(=O)CCCC(=O)NCCCCCCOP(=O)(O)C(C)C)OC(CO)[C@H](O)[C@@H]1O. The number of ether oxygens (including phenoxy) is 9. The summed E-state index contributed by atoms with van der Waals surface area (Å²) in [4.78, 5) is 138. The van der Waals surface area contributed by atoms with Crippen LogP contribution in [0.4, 0.5) is 0 Å². The molecule has 38 heteroatoms. The van der Waals surface area contributed by atoms with Crippen LogP contribution in [0.1, 0.15) is 227 Å². The molecule has 0 radical (unpaired) electrons. The number of unbranched alkanes of at least 4 members (excludes halogenated alkanes) is 10. The number of ketones is 4. The first-order chi connectivity index (χ1) is 55.4. The van der Waals surface area contributed by atoms with E-state index in [1.165, 1.54) is 13.8 Å². The molecule has 0 aromatic rings. The lowest BCUT2D eigenvalue weighted by atomic mass is 9.92. The first kappa shape index (κ1) is 105. The Hall–Kier alpha value is -5.07. The minimum Gasteiger partial charge on any atom is -0.394 e. The lowest BCUT2D eigenvalue weighted by molar-refractivity contribution is -0.282. The molecule has 3 aliphatic rings. The number of aliphatic hydroxyl groups excluding tert-OH is 9. The molecule has 3 fully saturated rings. The molecule has 16 N–H and O–H groups in total. The van der Waals surface area contributed by atoms with Crippen molar-refractivity contribution < 1.29 is 151 Å². The van der Waals surface area contributed by atoms with Crippen molar-refractivity contribution in [1.82, 2.24) is 31.9 Å². The third-order valence-electron chi connectivity index (χ3n) is 20.0. The zero-order valence-electron chi connectivity index (χ0n) is 68.8. The van der Waals surface area contributed by atoms with Gasteiger partial charge in [-0.25, -0.2) is 0 Å². The topological polar surface area (TPSA) is 555 Å². The summed E-state index contributed by atoms with van der Waals surface area (Å²) in [6.07, 6.45) is -3.62. The molecule has 3 aliphatic heterocycles. The van der Waals surface area contributed by atoms with Gasteiger partial charge in [-0.05, 0) is 89.9 Å². The Balaban J connectivity index is 1.58. The minimum atomic E-state index is -3.66. The molecule has 672 valence electrons. The molecule has 0 aliphatic carbocycles. The summed E-state index contributed by atoms with van der Waals surface area (Å²) in [6.45, 7) is 6.01. The largest absolute Gasteiger partial charge is 0.394 e. The molecular formula is C78H139N6O31P. The number of aliphatic hydroxyl groups is 9. The van der Waals surface area contributed by atoms with E-state index < -0.39 is 148 Å². The van der Waals surface area contributed by atoms with E-state index in [0.29, 0.717) is 122 Å². The van der Waals surface area contributed by atoms with Crippen LogP contribution in [0.3, 0.4) is 0 Å². The van der Waals surface area contributed by atoms with Gasteiger partial charge in [-0.1, -0.05) is 46.5 Å². The van der Waals surface area contributed by atoms with Crippen LogP contribution < -0.4 is 31.9 Å². The Morgan fingerprint density at radius 2 is 0.707 bits per heavy atom. The lowest BCUT2D eigenvalue weighted by Crippen LogP contribution is -2.64. The fourth-order valence-electron chi connectivity index (χ4n) is 12.9. The van der Waals surface area contributed by atoms with Crippen molar-refractivity contribution in [2.75, 3.05) is 106 Å². The van der Waals surface area contributed by atoms with Gasteiger partial charge in [-0.2, -0.15) is 0 Å². The van der Waals surface area contributed by atoms with E-state index in [1.807, 2.05) is 0 Å². The molecule has 116 heavy (non-hydrogen) atoms. The zero-order valence-corrected chi connectivity index (χ0v) is 69.7. The average molecular weight is 1690 g/mol. The van der Waals surface area contributed by atoms with Gasteiger partial charge in [0, 0.05) is 136 Å². The summed E-state index contributed by atoms with van der Waals surface area (Å²) in [5.74, 6) is -3.06. The smallest absolute Gasteiger partial charge is 0.330 e. The number of nitrogens with one attached hydrogen (secondary N) is 6. The van der Waals surface area contributed by atoms with Gasteiger partial charge in [0.2, 0.25) is 35.4 Å². The number of rotatable bonds is 68. The van der Waals surface area contributed by atoms with Crippen LogP contribution in [-0.4, -0.2) is 312 Å². The van der Waals surface area contributed by atoms with Crippen molar-refractivity contribution in [3.63, 3.8) is 0 Å². The van der Waals surface area contributed by atoms with Crippen LogP contribution in [0, 0.1) is 5.92 Å². The highest BCUT2D eigenvalue weighted by atomic mass is 31.2. The molecule has 3 rings (SSSR count). The summed E-state index contributed by atoms with van der Waals surface area (Å²) in [5.41, 5.74) is -1.97. The standard InChI is InChI=1S/C78H139N6O31P/c1-52(2)116(104,105)112-42-18-7-6-17-36-79-64(95)31-22-32-66(97)84-78(49-106-43-33-58(92)26-12-8-10-24-56(90)28-14-19-39-109-75-53(3)69(98)70(99)60(46-85)113-75,50-107-44-34-59(93)27-13-9-11-25-57(91)29-15-20-40-110-76-67(82-54(4)88)73(102)71(100)61(47-86)114-76)51-108-45-35-65(96)81-38-23-37-80-63(94)30-16-21-41-111-77-68(83-55(5)89)74(103)72(101)62(48-87)115-77/h52-53,60-62,67-77,85-87,98-103H,6-51H2,1-5H3,(H,79,95)(H,80,94)(H,81,96)(H,82,88)(H,83,89)(H,84,97)(H,104,105)/t53?,60?,61?,62?,67?,68?,69-,70+,71+,72+,73-,74-,75-,76-,77-,78?/m1/s1. The quantitative estimate of drug-likeness (QED) is 0.0296. The molecule has 8 unspecified atom stereocenters. The van der Waals surface area contributed by atoms with Crippen molar-refractivity contribution in [2.24, 2.45) is 5.92 Å². The number of carbonyl (C=O) groups excluding carboxylic acids is 10. The second-order valence-corrected chi connectivity index (χ2v) is 33.0. The van der Waals surface area contributed by atoms with Crippen LogP contribution in [0.15, 0.2) is 0 Å². The summed E-state index contributed by atoms with van der Waals surface area (Å²) in [7, 11) is -3.66. The fourth-order valence-corrected chi connectivity index (χ4v) is 13.6. The van der Waals surface area contributed by atoms with E-state index in [-0.39, 0.29) is 184 Å². The van der Waals surface area contributed by atoms with Crippen molar-refractivity contribution in [2.45, 2.75) is 324 Å². The molecule has 0 spiro atoms. The van der Waals surface area contributed by atoms with Crippen molar-refractivity contribution in [1.29, 1.82) is 0 Å². The van der Waals surface area contributed by atoms with Gasteiger partial charge >= 0.3 is 7.60 Å². The van der Waals surface area contributed by atoms with Gasteiger partial charge in [-0.15, -0.1) is 0 Å². The van der Waals surface area contributed by atoms with Crippen LogP contribution in [0.2, 0.25) is 0 Å². The number of hydrogen-bond acceptors (Lipinski definition) is 30. The molecule has 0 bridgehead atoms. The van der Waals surface area contributed by atoms with E-state index in [4.69, 9.17) is 47.2 Å². The predicted octanol–water partition coefficient (Wildman–Crippen LogP) is 0.842. The Morgan fingerprint density at radius 1 is 0.379 bits per heavy atom. The fraction of sp³-hybridized carbons (Fsp3) is 0.872. The Morgan fingerprint density at radius 3 is 1.13 bits per heavy atom. The molecule has 0 aromatic carbocycles. The predicted molar refractivity (Wildman–Crippen MR) is 417 cm³/mol. The monoisotopic (exact) mass is 1690 g/mol. The summed E-state index contributed by atoms with van der Waals surface area (Å²) in [6, 6.07) is -2.18. The van der Waals surface area contributed by atoms with Gasteiger partial charge in [0.05, 0.1) is 77.8 Å². The highest BCUT2D eigenvalue weighted by Crippen LogP contribution is 2.47. The van der Waals surface area contributed by atoms with Crippen LogP contribution in [-0.2, 0) is 99.7 Å². The molecule has 0 saturated carbocycles. The Bertz CT molecular complexity index is 2790. The Labute approximate surface area is 681 Å². The summed E-state index contributed by atoms with van der Waals surface area (Å²) >= 11 is 0. The van der Waals surface area contributed by atoms with Gasteiger partial charge in [0.25, 0.3) is 0 Å². The minimum absolute atomic E-state index is 0.00525. The maximum atomic E-state index is 14.0. The lowest BCUT2D eigenvalue weighted by Gasteiger charge is -2.42. The maximum Gasteiger partial charge on any atom is 0.330 e. The van der Waals surface area contributed by atoms with Crippen molar-refractivity contribution in [3.05, 3.63) is 0 Å². The molecule has 3 heterocycles. The van der Waals surface area contributed by atoms with E-state index >= 15 is 0 Å². The van der Waals surface area contributed by atoms with Gasteiger partial charge < -0.3 is 130 Å². The average Bonchev–Trinajstić information content (AvgIpc) is 0.813. The number of hydrogen-bond donors (Lipinski definition) is 16. The highest BCUT2D eigenvalue weighted by molar-refractivity contribution is 7.53. The Kier molecular flexibility index (Phi) is 54.8. The summed E-state index contributed by atoms with van der Waals surface area (Å²) in [5, 5.41) is 107. The second-order valence-electron chi connectivity index (χ2n) is 30.6. The first-order valence-electron chi connectivity index (χ1n) is 41.5. The van der Waals surface area contributed by atoms with Crippen LogP contribution in [0.25, 0.3) is 0 Å². The molecule has 37 nitrogen and oxygen atoms in total. The number of amides is 6. The van der Waals surface area contributed by atoms with Gasteiger partial charge in [0.1, 0.15) is 89.6 Å². The number of carbonyl (C=O) groups is 10. The maximum absolute atomic E-state index is 14.0. The number of Topliss-reactive ketones (excluding diaryl/α,β-unsaturated/α-hetero) is 4. The molecule has 17 atom stereocenters. The second kappa shape index (κ2) is 60.4. The van der Waals surface area contributed by atoms with E-state index in [2.05, 4.69) is 31.9 Å². The van der Waals surface area contributed by atoms with Crippen LogP contribution in [0.5, 0.6) is 0 Å².